The van der Waals surface area contributed by atoms with E-state index in [0.29, 0.717) is 16.8 Å². The van der Waals surface area contributed by atoms with Crippen LogP contribution in [0.2, 0.25) is 0 Å². The molecule has 2 aromatic rings. The van der Waals surface area contributed by atoms with Crippen molar-refractivity contribution < 1.29 is 9.72 Å². The zero-order chi connectivity index (χ0) is 15.9. The zero-order valence-electron chi connectivity index (χ0n) is 11.4. The van der Waals surface area contributed by atoms with Gasteiger partial charge in [-0.15, -0.1) is 0 Å². The van der Waals surface area contributed by atoms with Gasteiger partial charge in [0.25, 0.3) is 5.69 Å². The standard InChI is InChI=1S/C16H11N3O3/c17-11-13-4-1-5-14(9-13)18-16(20)8-7-12-3-2-6-15(10-12)19(21)22/h1-10H,(H,18,20)/b8-7+. The summed E-state index contributed by atoms with van der Waals surface area (Å²) in [7, 11) is 0. The molecule has 0 saturated carbocycles. The number of nitro groups is 1. The number of nitriles is 1. The molecule has 22 heavy (non-hydrogen) atoms. The minimum Gasteiger partial charge on any atom is -0.322 e. The van der Waals surface area contributed by atoms with E-state index < -0.39 is 4.92 Å². The molecule has 0 heterocycles. The molecular weight excluding hydrogens is 282 g/mol. The van der Waals surface area contributed by atoms with Crippen LogP contribution in [0, 0.1) is 21.4 Å². The quantitative estimate of drug-likeness (QED) is 0.532. The number of anilines is 1. The Morgan fingerprint density at radius 1 is 1.23 bits per heavy atom. The largest absolute Gasteiger partial charge is 0.322 e. The minimum absolute atomic E-state index is 0.0377. The summed E-state index contributed by atoms with van der Waals surface area (Å²) in [6.07, 6.45) is 2.76. The van der Waals surface area contributed by atoms with Crippen molar-refractivity contribution in [1.82, 2.24) is 0 Å². The number of nitro benzene ring substituents is 1. The van der Waals surface area contributed by atoms with Crippen LogP contribution >= 0.6 is 0 Å². The van der Waals surface area contributed by atoms with Gasteiger partial charge in [-0.3, -0.25) is 14.9 Å². The Labute approximate surface area is 126 Å². The van der Waals surface area contributed by atoms with Gasteiger partial charge in [-0.2, -0.15) is 5.26 Å². The molecular formula is C16H11N3O3. The Morgan fingerprint density at radius 2 is 2.00 bits per heavy atom. The summed E-state index contributed by atoms with van der Waals surface area (Å²) in [6.45, 7) is 0. The first-order valence-corrected chi connectivity index (χ1v) is 6.32. The van der Waals surface area contributed by atoms with Crippen LogP contribution in [-0.2, 0) is 4.79 Å². The molecule has 0 aliphatic rings. The lowest BCUT2D eigenvalue weighted by Gasteiger charge is -2.01. The number of hydrogen-bond donors (Lipinski definition) is 1. The number of nitrogens with zero attached hydrogens (tertiary/aromatic N) is 2. The molecule has 0 aliphatic heterocycles. The van der Waals surface area contributed by atoms with E-state index in [1.165, 1.54) is 24.3 Å². The second-order valence-corrected chi connectivity index (χ2v) is 4.37. The molecule has 108 valence electrons. The van der Waals surface area contributed by atoms with Gasteiger partial charge in [-0.25, -0.2) is 0 Å². The van der Waals surface area contributed by atoms with Crippen molar-refractivity contribution in [3.63, 3.8) is 0 Å². The van der Waals surface area contributed by atoms with Crippen molar-refractivity contribution in [1.29, 1.82) is 5.26 Å². The first kappa shape index (κ1) is 14.9. The smallest absolute Gasteiger partial charge is 0.270 e. The van der Waals surface area contributed by atoms with Crippen molar-refractivity contribution in [2.75, 3.05) is 5.32 Å². The van der Waals surface area contributed by atoms with Crippen LogP contribution in [0.3, 0.4) is 0 Å². The number of nitrogens with one attached hydrogen (secondary N) is 1. The molecule has 0 aliphatic carbocycles. The molecule has 0 atom stereocenters. The van der Waals surface area contributed by atoms with Crippen molar-refractivity contribution >= 4 is 23.4 Å². The highest BCUT2D eigenvalue weighted by Crippen LogP contribution is 2.14. The van der Waals surface area contributed by atoms with Crippen molar-refractivity contribution in [3.8, 4) is 6.07 Å². The molecule has 2 rings (SSSR count). The highest BCUT2D eigenvalue weighted by Gasteiger charge is 2.04. The molecule has 0 fully saturated rings. The van der Waals surface area contributed by atoms with Gasteiger partial charge in [-0.05, 0) is 29.8 Å². The first-order valence-electron chi connectivity index (χ1n) is 6.32. The average molecular weight is 293 g/mol. The van der Waals surface area contributed by atoms with E-state index in [2.05, 4.69) is 5.32 Å². The lowest BCUT2D eigenvalue weighted by Crippen LogP contribution is -2.07. The van der Waals surface area contributed by atoms with Crippen LogP contribution < -0.4 is 5.32 Å². The van der Waals surface area contributed by atoms with Crippen LogP contribution in [0.4, 0.5) is 11.4 Å². The Balaban J connectivity index is 2.06. The van der Waals surface area contributed by atoms with Crippen molar-refractivity contribution in [2.24, 2.45) is 0 Å². The van der Waals surface area contributed by atoms with E-state index in [9.17, 15) is 14.9 Å². The summed E-state index contributed by atoms with van der Waals surface area (Å²) >= 11 is 0. The van der Waals surface area contributed by atoms with E-state index in [-0.39, 0.29) is 11.6 Å². The fourth-order valence-electron chi connectivity index (χ4n) is 1.76. The topological polar surface area (TPSA) is 96.0 Å². The van der Waals surface area contributed by atoms with E-state index >= 15 is 0 Å². The monoisotopic (exact) mass is 293 g/mol. The predicted octanol–water partition coefficient (Wildman–Crippen LogP) is 3.12. The van der Waals surface area contributed by atoms with Gasteiger partial charge < -0.3 is 5.32 Å². The van der Waals surface area contributed by atoms with E-state index in [1.54, 1.807) is 36.4 Å². The fourth-order valence-corrected chi connectivity index (χ4v) is 1.76. The summed E-state index contributed by atoms with van der Waals surface area (Å²) in [5, 5.41) is 22.1. The molecule has 6 nitrogen and oxygen atoms in total. The van der Waals surface area contributed by atoms with E-state index in [4.69, 9.17) is 5.26 Å². The van der Waals surface area contributed by atoms with Gasteiger partial charge in [0.1, 0.15) is 0 Å². The van der Waals surface area contributed by atoms with Crippen LogP contribution in [0.1, 0.15) is 11.1 Å². The zero-order valence-corrected chi connectivity index (χ0v) is 11.4. The maximum atomic E-state index is 11.8. The molecule has 1 amide bonds. The third-order valence-corrected chi connectivity index (χ3v) is 2.77. The highest BCUT2D eigenvalue weighted by molar-refractivity contribution is 6.02. The second-order valence-electron chi connectivity index (χ2n) is 4.37. The van der Waals surface area contributed by atoms with E-state index in [1.807, 2.05) is 6.07 Å². The average Bonchev–Trinajstić information content (AvgIpc) is 2.53. The number of rotatable bonds is 4. The van der Waals surface area contributed by atoms with Gasteiger partial charge in [0.05, 0.1) is 16.6 Å². The fraction of sp³-hybridized carbons (Fsp3) is 0. The molecule has 6 heteroatoms. The van der Waals surface area contributed by atoms with Crippen LogP contribution in [-0.4, -0.2) is 10.8 Å². The Hall–Kier alpha value is -3.46. The highest BCUT2D eigenvalue weighted by atomic mass is 16.6. The summed E-state index contributed by atoms with van der Waals surface area (Å²) in [4.78, 5) is 22.0. The van der Waals surface area contributed by atoms with Crippen LogP contribution in [0.15, 0.2) is 54.6 Å². The summed E-state index contributed by atoms with van der Waals surface area (Å²) < 4.78 is 0. The molecule has 0 unspecified atom stereocenters. The SMILES string of the molecule is N#Cc1cccc(NC(=O)/C=C/c2cccc([N+](=O)[O-])c2)c1. The number of carbonyl (C=O) groups is 1. The summed E-state index contributed by atoms with van der Waals surface area (Å²) in [5.41, 5.74) is 1.47. The van der Waals surface area contributed by atoms with Crippen molar-refractivity contribution in [2.45, 2.75) is 0 Å². The van der Waals surface area contributed by atoms with Gasteiger partial charge in [-0.1, -0.05) is 18.2 Å². The third kappa shape index (κ3) is 4.02. The number of non-ortho nitro benzene ring substituents is 1. The van der Waals surface area contributed by atoms with Gasteiger partial charge >= 0.3 is 0 Å². The van der Waals surface area contributed by atoms with Crippen LogP contribution in [0.25, 0.3) is 6.08 Å². The first-order chi connectivity index (χ1) is 10.6. The van der Waals surface area contributed by atoms with Gasteiger partial charge in [0.15, 0.2) is 0 Å². The van der Waals surface area contributed by atoms with Gasteiger partial charge in [0.2, 0.25) is 5.91 Å². The van der Waals surface area contributed by atoms with Gasteiger partial charge in [0, 0.05) is 23.9 Å². The maximum absolute atomic E-state index is 11.8. The molecule has 1 N–H and O–H groups in total. The third-order valence-electron chi connectivity index (χ3n) is 2.77. The summed E-state index contributed by atoms with van der Waals surface area (Å²) in [5.74, 6) is -0.387. The lowest BCUT2D eigenvalue weighted by atomic mass is 10.2. The number of carbonyl (C=O) groups excluding carboxylic acids is 1. The molecule has 2 aromatic carbocycles. The predicted molar refractivity (Wildman–Crippen MR) is 81.9 cm³/mol. The second kappa shape index (κ2) is 6.81. The maximum Gasteiger partial charge on any atom is 0.270 e. The molecule has 0 saturated heterocycles. The lowest BCUT2D eigenvalue weighted by molar-refractivity contribution is -0.384. The minimum atomic E-state index is -0.495. The Kier molecular flexibility index (Phi) is 4.63. The molecule has 0 spiro atoms. The molecule has 0 radical (unpaired) electrons. The Bertz CT molecular complexity index is 791. The van der Waals surface area contributed by atoms with E-state index in [0.717, 1.165) is 0 Å². The normalized spacial score (nSPS) is 10.1. The number of hydrogen-bond acceptors (Lipinski definition) is 4. The molecule has 0 aromatic heterocycles. The Morgan fingerprint density at radius 3 is 2.73 bits per heavy atom. The molecule has 0 bridgehead atoms. The van der Waals surface area contributed by atoms with Crippen molar-refractivity contribution in [3.05, 3.63) is 75.8 Å². The summed E-state index contributed by atoms with van der Waals surface area (Å²) in [6, 6.07) is 14.5. The number of amides is 1. The number of benzene rings is 2. The van der Waals surface area contributed by atoms with Crippen LogP contribution in [0.5, 0.6) is 0 Å².